The molecule has 1 aliphatic carbocycles. The van der Waals surface area contributed by atoms with Crippen LogP contribution in [0.4, 0.5) is 0 Å². The quantitative estimate of drug-likeness (QED) is 0.850. The normalized spacial score (nSPS) is 16.4. The average molecular weight is 282 g/mol. The number of nitrogens with one attached hydrogen (secondary N) is 1. The summed E-state index contributed by atoms with van der Waals surface area (Å²) in [5, 5.41) is 3.18. The topological polar surface area (TPSA) is 34.0 Å². The van der Waals surface area contributed by atoms with Crippen molar-refractivity contribution in [2.24, 2.45) is 0 Å². The van der Waals surface area contributed by atoms with Crippen molar-refractivity contribution < 1.29 is 4.79 Å². The van der Waals surface area contributed by atoms with E-state index in [1.165, 1.54) is 25.7 Å². The summed E-state index contributed by atoms with van der Waals surface area (Å²) >= 11 is 0. The minimum Gasteiger partial charge on any atom is -0.349 e. The van der Waals surface area contributed by atoms with Gasteiger partial charge in [0, 0.05) is 29.7 Å². The zero-order valence-electron chi connectivity index (χ0n) is 12.3. The highest BCUT2D eigenvalue weighted by molar-refractivity contribution is 5.94. The van der Waals surface area contributed by atoms with Crippen LogP contribution in [-0.4, -0.2) is 16.5 Å². The van der Waals surface area contributed by atoms with Crippen LogP contribution < -0.4 is 5.32 Å². The molecular formula is C18H22N2O. The van der Waals surface area contributed by atoms with E-state index in [4.69, 9.17) is 0 Å². The van der Waals surface area contributed by atoms with Gasteiger partial charge in [0.05, 0.1) is 0 Å². The fourth-order valence-corrected chi connectivity index (χ4v) is 2.98. The van der Waals surface area contributed by atoms with E-state index in [9.17, 15) is 4.79 Å². The molecule has 3 rings (SSSR count). The molecule has 1 aromatic carbocycles. The number of carbonyl (C=O) groups is 1. The molecule has 0 saturated heterocycles. The van der Waals surface area contributed by atoms with Crippen molar-refractivity contribution in [3.8, 4) is 5.69 Å². The number of aromatic nitrogens is 1. The molecule has 1 fully saturated rings. The van der Waals surface area contributed by atoms with Gasteiger partial charge in [-0.05, 0) is 49.2 Å². The average Bonchev–Trinajstić information content (AvgIpc) is 2.93. The van der Waals surface area contributed by atoms with Crippen molar-refractivity contribution in [1.29, 1.82) is 0 Å². The van der Waals surface area contributed by atoms with E-state index in [1.54, 1.807) is 0 Å². The third-order valence-corrected chi connectivity index (χ3v) is 4.22. The summed E-state index contributed by atoms with van der Waals surface area (Å²) in [6, 6.07) is 12.1. The summed E-state index contributed by atoms with van der Waals surface area (Å²) in [5.74, 6) is 0.0564. The fourth-order valence-electron chi connectivity index (χ4n) is 2.98. The number of rotatable bonds is 3. The fraction of sp³-hybridized carbons (Fsp3) is 0.389. The van der Waals surface area contributed by atoms with Crippen molar-refractivity contribution >= 4 is 5.91 Å². The van der Waals surface area contributed by atoms with Gasteiger partial charge in [0.2, 0.25) is 0 Å². The summed E-state index contributed by atoms with van der Waals surface area (Å²) in [4.78, 5) is 12.3. The summed E-state index contributed by atoms with van der Waals surface area (Å²) in [7, 11) is 0. The molecule has 1 aromatic heterocycles. The molecule has 1 saturated carbocycles. The Balaban J connectivity index is 1.64. The number of benzene rings is 1. The molecule has 2 aromatic rings. The minimum absolute atomic E-state index is 0.0564. The van der Waals surface area contributed by atoms with E-state index in [0.717, 1.165) is 24.1 Å². The Labute approximate surface area is 126 Å². The smallest absolute Gasteiger partial charge is 0.251 e. The van der Waals surface area contributed by atoms with Gasteiger partial charge in [-0.3, -0.25) is 4.79 Å². The molecule has 110 valence electrons. The first-order chi connectivity index (χ1) is 10.3. The standard InChI is InChI=1S/C18H22N2O/c21-18(19-16-7-3-1-2-4-8-16)15-9-11-17(12-10-15)20-13-5-6-14-20/h5-6,9-14,16H,1-4,7-8H2,(H,19,21). The molecule has 3 heteroatoms. The number of nitrogens with zero attached hydrogens (tertiary/aromatic N) is 1. The molecular weight excluding hydrogens is 260 g/mol. The number of hydrogen-bond donors (Lipinski definition) is 1. The van der Waals surface area contributed by atoms with Crippen molar-refractivity contribution in [3.63, 3.8) is 0 Å². The van der Waals surface area contributed by atoms with Gasteiger partial charge in [-0.15, -0.1) is 0 Å². The van der Waals surface area contributed by atoms with Crippen molar-refractivity contribution in [1.82, 2.24) is 9.88 Å². The number of amides is 1. The Morgan fingerprint density at radius 2 is 1.57 bits per heavy atom. The molecule has 1 heterocycles. The zero-order valence-corrected chi connectivity index (χ0v) is 12.3. The van der Waals surface area contributed by atoms with Crippen LogP contribution in [0, 0.1) is 0 Å². The second-order valence-electron chi connectivity index (χ2n) is 5.80. The summed E-state index contributed by atoms with van der Waals surface area (Å²) in [6.45, 7) is 0. The van der Waals surface area contributed by atoms with Gasteiger partial charge in [0.15, 0.2) is 0 Å². The van der Waals surface area contributed by atoms with Crippen molar-refractivity contribution in [3.05, 3.63) is 54.4 Å². The third-order valence-electron chi connectivity index (χ3n) is 4.22. The van der Waals surface area contributed by atoms with Crippen LogP contribution in [0.25, 0.3) is 5.69 Å². The van der Waals surface area contributed by atoms with Gasteiger partial charge in [-0.1, -0.05) is 25.7 Å². The van der Waals surface area contributed by atoms with Crippen LogP contribution >= 0.6 is 0 Å². The highest BCUT2D eigenvalue weighted by Crippen LogP contribution is 2.18. The molecule has 0 atom stereocenters. The van der Waals surface area contributed by atoms with Gasteiger partial charge >= 0.3 is 0 Å². The van der Waals surface area contributed by atoms with Gasteiger partial charge in [-0.25, -0.2) is 0 Å². The lowest BCUT2D eigenvalue weighted by atomic mass is 10.1. The molecule has 1 N–H and O–H groups in total. The molecule has 1 aliphatic rings. The van der Waals surface area contributed by atoms with Crippen molar-refractivity contribution in [2.75, 3.05) is 0 Å². The summed E-state index contributed by atoms with van der Waals surface area (Å²) in [6.07, 6.45) is 11.3. The minimum atomic E-state index is 0.0564. The SMILES string of the molecule is O=C(NC1CCCCCC1)c1ccc(-n2cccc2)cc1. The maximum atomic E-state index is 12.3. The van der Waals surface area contributed by atoms with Gasteiger partial charge in [-0.2, -0.15) is 0 Å². The molecule has 21 heavy (non-hydrogen) atoms. The van der Waals surface area contributed by atoms with E-state index in [1.807, 2.05) is 53.4 Å². The highest BCUT2D eigenvalue weighted by Gasteiger charge is 2.15. The van der Waals surface area contributed by atoms with Gasteiger partial charge < -0.3 is 9.88 Å². The first kappa shape index (κ1) is 13.9. The maximum Gasteiger partial charge on any atom is 0.251 e. The zero-order chi connectivity index (χ0) is 14.5. The highest BCUT2D eigenvalue weighted by atomic mass is 16.1. The molecule has 1 amide bonds. The van der Waals surface area contributed by atoms with E-state index >= 15 is 0 Å². The Bertz CT molecular complexity index is 564. The lowest BCUT2D eigenvalue weighted by Gasteiger charge is -2.16. The third kappa shape index (κ3) is 3.54. The summed E-state index contributed by atoms with van der Waals surface area (Å²) < 4.78 is 2.03. The number of hydrogen-bond acceptors (Lipinski definition) is 1. The van der Waals surface area contributed by atoms with Crippen LogP contribution in [0.15, 0.2) is 48.8 Å². The first-order valence-corrected chi connectivity index (χ1v) is 7.87. The lowest BCUT2D eigenvalue weighted by molar-refractivity contribution is 0.0933. The largest absolute Gasteiger partial charge is 0.349 e. The second kappa shape index (κ2) is 6.61. The maximum absolute atomic E-state index is 12.3. The Morgan fingerprint density at radius 1 is 0.952 bits per heavy atom. The van der Waals surface area contributed by atoms with E-state index in [2.05, 4.69) is 5.32 Å². The van der Waals surface area contributed by atoms with Crippen molar-refractivity contribution in [2.45, 2.75) is 44.6 Å². The predicted molar refractivity (Wildman–Crippen MR) is 84.7 cm³/mol. The van der Waals surface area contributed by atoms with Gasteiger partial charge in [0.25, 0.3) is 5.91 Å². The summed E-state index contributed by atoms with van der Waals surface area (Å²) in [5.41, 5.74) is 1.82. The lowest BCUT2D eigenvalue weighted by Crippen LogP contribution is -2.34. The Hall–Kier alpha value is -2.03. The van der Waals surface area contributed by atoms with E-state index < -0.39 is 0 Å². The van der Waals surface area contributed by atoms with Crippen LogP contribution in [0.1, 0.15) is 48.9 Å². The second-order valence-corrected chi connectivity index (χ2v) is 5.80. The van der Waals surface area contributed by atoms with Crippen LogP contribution in [0.5, 0.6) is 0 Å². The molecule has 3 nitrogen and oxygen atoms in total. The molecule has 0 unspecified atom stereocenters. The Kier molecular flexibility index (Phi) is 4.39. The predicted octanol–water partition coefficient (Wildman–Crippen LogP) is 3.93. The first-order valence-electron chi connectivity index (χ1n) is 7.87. The van der Waals surface area contributed by atoms with E-state index in [-0.39, 0.29) is 5.91 Å². The van der Waals surface area contributed by atoms with Crippen LogP contribution in [-0.2, 0) is 0 Å². The Morgan fingerprint density at radius 3 is 2.19 bits per heavy atom. The molecule has 0 bridgehead atoms. The van der Waals surface area contributed by atoms with E-state index in [0.29, 0.717) is 6.04 Å². The monoisotopic (exact) mass is 282 g/mol. The molecule has 0 aliphatic heterocycles. The molecule has 0 radical (unpaired) electrons. The molecule has 0 spiro atoms. The van der Waals surface area contributed by atoms with Gasteiger partial charge in [0.1, 0.15) is 0 Å². The van der Waals surface area contributed by atoms with Crippen LogP contribution in [0.2, 0.25) is 0 Å². The van der Waals surface area contributed by atoms with Crippen LogP contribution in [0.3, 0.4) is 0 Å². The number of carbonyl (C=O) groups excluding carboxylic acids is 1.